The molecule has 0 fully saturated rings. The molecule has 0 saturated heterocycles. The summed E-state index contributed by atoms with van der Waals surface area (Å²) in [5.41, 5.74) is 0.527. The van der Waals surface area contributed by atoms with E-state index in [1.165, 1.54) is 18.2 Å². The Morgan fingerprint density at radius 3 is 2.55 bits per heavy atom. The van der Waals surface area contributed by atoms with Crippen LogP contribution < -0.4 is 10.6 Å². The van der Waals surface area contributed by atoms with Crippen LogP contribution in [0, 0.1) is 11.3 Å². The first-order chi connectivity index (χ1) is 9.42. The van der Waals surface area contributed by atoms with Crippen molar-refractivity contribution < 1.29 is 19.5 Å². The first kappa shape index (κ1) is 15.2. The summed E-state index contributed by atoms with van der Waals surface area (Å²) in [6.45, 7) is 0. The first-order valence-electron chi connectivity index (χ1n) is 5.15. The maximum Gasteiger partial charge on any atom is 0.328 e. The molecule has 102 valence electrons. The van der Waals surface area contributed by atoms with Gasteiger partial charge in [0.15, 0.2) is 0 Å². The molecular formula is C12H8ClN3O4. The number of carbonyl (C=O) groups excluding carboxylic acids is 2. The van der Waals surface area contributed by atoms with Crippen LogP contribution in [-0.2, 0) is 9.59 Å². The minimum atomic E-state index is -1.31. The molecular weight excluding hydrogens is 286 g/mol. The van der Waals surface area contributed by atoms with E-state index in [4.69, 9.17) is 22.0 Å². The smallest absolute Gasteiger partial charge is 0.328 e. The number of nitrogens with zero attached hydrogens (tertiary/aromatic N) is 1. The van der Waals surface area contributed by atoms with Gasteiger partial charge in [-0.3, -0.25) is 10.1 Å². The fraction of sp³-hybridized carbons (Fsp3) is 0. The van der Waals surface area contributed by atoms with Gasteiger partial charge in [-0.1, -0.05) is 11.6 Å². The predicted octanol–water partition coefficient (Wildman–Crippen LogP) is 1.50. The molecule has 7 nitrogen and oxygen atoms in total. The highest BCUT2D eigenvalue weighted by atomic mass is 35.5. The molecule has 3 N–H and O–H groups in total. The number of carboxylic acid groups (broad SMARTS) is 1. The number of imide groups is 1. The van der Waals surface area contributed by atoms with Crippen molar-refractivity contribution in [3.05, 3.63) is 40.9 Å². The largest absolute Gasteiger partial charge is 0.478 e. The summed E-state index contributed by atoms with van der Waals surface area (Å²) in [6, 6.07) is 5.18. The number of nitrogens with one attached hydrogen (secondary N) is 2. The number of rotatable bonds is 3. The Morgan fingerprint density at radius 2 is 2.00 bits per heavy atom. The number of nitriles is 1. The molecule has 0 saturated carbocycles. The second-order valence-electron chi connectivity index (χ2n) is 3.42. The van der Waals surface area contributed by atoms with Gasteiger partial charge in [-0.2, -0.15) is 5.26 Å². The van der Waals surface area contributed by atoms with E-state index in [2.05, 4.69) is 5.32 Å². The highest BCUT2D eigenvalue weighted by molar-refractivity contribution is 6.32. The van der Waals surface area contributed by atoms with Crippen molar-refractivity contribution in [3.63, 3.8) is 0 Å². The van der Waals surface area contributed by atoms with Crippen LogP contribution in [0.15, 0.2) is 30.4 Å². The van der Waals surface area contributed by atoms with E-state index in [1.807, 2.05) is 11.4 Å². The zero-order chi connectivity index (χ0) is 15.1. The van der Waals surface area contributed by atoms with E-state index in [0.29, 0.717) is 12.2 Å². The van der Waals surface area contributed by atoms with Gasteiger partial charge in [0, 0.05) is 17.8 Å². The summed E-state index contributed by atoms with van der Waals surface area (Å²) in [5, 5.41) is 21.3. The predicted molar refractivity (Wildman–Crippen MR) is 70.1 cm³/mol. The second-order valence-corrected chi connectivity index (χ2v) is 3.83. The number of hydrogen-bond acceptors (Lipinski definition) is 4. The Morgan fingerprint density at radius 1 is 1.30 bits per heavy atom. The summed E-state index contributed by atoms with van der Waals surface area (Å²) < 4.78 is 0. The molecule has 0 radical (unpaired) electrons. The molecule has 0 aliphatic heterocycles. The zero-order valence-electron chi connectivity index (χ0n) is 9.88. The summed E-state index contributed by atoms with van der Waals surface area (Å²) in [5.74, 6) is -2.19. The Kier molecular flexibility index (Phi) is 5.26. The maximum absolute atomic E-state index is 11.4. The molecule has 0 spiro atoms. The number of aliphatic carboxylic acids is 1. The molecule has 0 heterocycles. The van der Waals surface area contributed by atoms with Gasteiger partial charge in [0.25, 0.3) is 5.91 Å². The quantitative estimate of drug-likeness (QED) is 0.730. The van der Waals surface area contributed by atoms with Crippen LogP contribution in [0.5, 0.6) is 0 Å². The Labute approximate surface area is 118 Å². The van der Waals surface area contributed by atoms with Gasteiger partial charge in [0.1, 0.15) is 6.07 Å². The number of urea groups is 1. The van der Waals surface area contributed by atoms with Crippen LogP contribution in [0.4, 0.5) is 10.5 Å². The molecule has 20 heavy (non-hydrogen) atoms. The lowest BCUT2D eigenvalue weighted by atomic mass is 10.2. The third-order valence-corrected chi connectivity index (χ3v) is 2.27. The Bertz CT molecular complexity index is 634. The molecule has 3 amide bonds. The van der Waals surface area contributed by atoms with Gasteiger partial charge < -0.3 is 10.4 Å². The van der Waals surface area contributed by atoms with Crippen molar-refractivity contribution in [1.29, 1.82) is 5.26 Å². The molecule has 0 aromatic heterocycles. The third-order valence-electron chi connectivity index (χ3n) is 1.96. The SMILES string of the molecule is N#Cc1ccc(NC(=O)NC(=O)/C=C/C(=O)O)cc1Cl. The third kappa shape index (κ3) is 4.80. The van der Waals surface area contributed by atoms with Crippen molar-refractivity contribution in [2.45, 2.75) is 0 Å². The summed E-state index contributed by atoms with van der Waals surface area (Å²) >= 11 is 5.77. The molecule has 1 rings (SSSR count). The highest BCUT2D eigenvalue weighted by Gasteiger charge is 2.07. The van der Waals surface area contributed by atoms with E-state index in [1.54, 1.807) is 0 Å². The van der Waals surface area contributed by atoms with Crippen LogP contribution in [0.2, 0.25) is 5.02 Å². The maximum atomic E-state index is 11.4. The molecule has 0 bridgehead atoms. The van der Waals surface area contributed by atoms with E-state index in [0.717, 1.165) is 0 Å². The number of carboxylic acids is 1. The summed E-state index contributed by atoms with van der Waals surface area (Å²) in [4.78, 5) is 32.7. The molecule has 1 aromatic carbocycles. The first-order valence-corrected chi connectivity index (χ1v) is 5.53. The van der Waals surface area contributed by atoms with Gasteiger partial charge in [0.2, 0.25) is 0 Å². The number of anilines is 1. The van der Waals surface area contributed by atoms with Crippen LogP contribution >= 0.6 is 11.6 Å². The molecule has 0 aliphatic carbocycles. The van der Waals surface area contributed by atoms with E-state index >= 15 is 0 Å². The van der Waals surface area contributed by atoms with Gasteiger partial charge in [0.05, 0.1) is 10.6 Å². The van der Waals surface area contributed by atoms with Crippen molar-refractivity contribution in [3.8, 4) is 6.07 Å². The molecule has 0 unspecified atom stereocenters. The van der Waals surface area contributed by atoms with Gasteiger partial charge in [-0.05, 0) is 18.2 Å². The lowest BCUT2D eigenvalue weighted by Gasteiger charge is -2.05. The van der Waals surface area contributed by atoms with E-state index in [-0.39, 0.29) is 16.3 Å². The fourth-order valence-corrected chi connectivity index (χ4v) is 1.37. The van der Waals surface area contributed by atoms with Gasteiger partial charge >= 0.3 is 12.0 Å². The zero-order valence-corrected chi connectivity index (χ0v) is 10.6. The topological polar surface area (TPSA) is 119 Å². The molecule has 0 aliphatic rings. The van der Waals surface area contributed by atoms with Crippen molar-refractivity contribution in [2.24, 2.45) is 0 Å². The van der Waals surface area contributed by atoms with Crippen LogP contribution in [-0.4, -0.2) is 23.0 Å². The van der Waals surface area contributed by atoms with Crippen LogP contribution in [0.25, 0.3) is 0 Å². The fourth-order valence-electron chi connectivity index (χ4n) is 1.15. The lowest BCUT2D eigenvalue weighted by molar-refractivity contribution is -0.131. The van der Waals surface area contributed by atoms with E-state index < -0.39 is 17.9 Å². The normalized spacial score (nSPS) is 9.80. The number of halogens is 1. The standard InChI is InChI=1S/C12H8ClN3O4/c13-9-5-8(2-1-7(9)6-14)15-12(20)16-10(17)3-4-11(18)19/h1-5H,(H,18,19)(H2,15,16,17,20)/b4-3+. The van der Waals surface area contributed by atoms with Crippen molar-refractivity contribution in [1.82, 2.24) is 5.32 Å². The van der Waals surface area contributed by atoms with E-state index in [9.17, 15) is 14.4 Å². The van der Waals surface area contributed by atoms with Gasteiger partial charge in [-0.25, -0.2) is 9.59 Å². The Balaban J connectivity index is 2.63. The number of amides is 3. The van der Waals surface area contributed by atoms with Gasteiger partial charge in [-0.15, -0.1) is 0 Å². The summed E-state index contributed by atoms with van der Waals surface area (Å²) in [6.07, 6.45) is 1.30. The molecule has 0 atom stereocenters. The number of carbonyl (C=O) groups is 3. The monoisotopic (exact) mass is 293 g/mol. The lowest BCUT2D eigenvalue weighted by Crippen LogP contribution is -2.33. The minimum absolute atomic E-state index is 0.155. The number of hydrogen-bond donors (Lipinski definition) is 3. The number of benzene rings is 1. The Hall–Kier alpha value is -2.85. The average Bonchev–Trinajstić information content (AvgIpc) is 2.36. The minimum Gasteiger partial charge on any atom is -0.478 e. The van der Waals surface area contributed by atoms with Crippen molar-refractivity contribution in [2.75, 3.05) is 5.32 Å². The van der Waals surface area contributed by atoms with Crippen molar-refractivity contribution >= 4 is 35.2 Å². The second kappa shape index (κ2) is 6.92. The molecule has 8 heteroatoms. The van der Waals surface area contributed by atoms with Crippen LogP contribution in [0.3, 0.4) is 0 Å². The summed E-state index contributed by atoms with van der Waals surface area (Å²) in [7, 11) is 0. The molecule has 1 aromatic rings. The average molecular weight is 294 g/mol. The van der Waals surface area contributed by atoms with Crippen LogP contribution in [0.1, 0.15) is 5.56 Å². The highest BCUT2D eigenvalue weighted by Crippen LogP contribution is 2.19.